The smallest absolute Gasteiger partial charge is 0.0836 e. The predicted molar refractivity (Wildman–Crippen MR) is 38.1 cm³/mol. The van der Waals surface area contributed by atoms with Gasteiger partial charge in [0.25, 0.3) is 0 Å². The number of epoxide rings is 1. The molecule has 1 heterocycles. The quantitative estimate of drug-likeness (QED) is 0.482. The van der Waals surface area contributed by atoms with Gasteiger partial charge < -0.3 is 4.74 Å². The first-order chi connectivity index (χ1) is 2.84. The van der Waals surface area contributed by atoms with E-state index < -0.39 is 0 Å². The fraction of sp³-hybridized carbons (Fsp3) is 1.00. The molecule has 1 heteroatoms. The summed E-state index contributed by atoms with van der Waals surface area (Å²) in [6.45, 7) is 4.25. The molecule has 2 atom stereocenters. The molecule has 0 radical (unpaired) electrons. The molecule has 0 saturated carbocycles. The fourth-order valence-electron chi connectivity index (χ4n) is 0.659. The summed E-state index contributed by atoms with van der Waals surface area (Å²) in [6.07, 6.45) is 2.35. The SMILES string of the molecule is C.C.CCC1OC1C. The van der Waals surface area contributed by atoms with Crippen molar-refractivity contribution in [1.82, 2.24) is 0 Å². The van der Waals surface area contributed by atoms with E-state index in [1.807, 2.05) is 0 Å². The Bertz CT molecular complexity index is 50.3. The van der Waals surface area contributed by atoms with Gasteiger partial charge in [0.15, 0.2) is 0 Å². The fourth-order valence-corrected chi connectivity index (χ4v) is 0.659. The van der Waals surface area contributed by atoms with E-state index in [0.717, 1.165) is 0 Å². The van der Waals surface area contributed by atoms with Crippen molar-refractivity contribution >= 4 is 0 Å². The molecule has 0 spiro atoms. The summed E-state index contributed by atoms with van der Waals surface area (Å²) < 4.78 is 5.07. The largest absolute Gasteiger partial charge is 0.370 e. The van der Waals surface area contributed by atoms with Crippen molar-refractivity contribution in [3.05, 3.63) is 0 Å². The van der Waals surface area contributed by atoms with E-state index in [0.29, 0.717) is 12.2 Å². The molecular weight excluding hydrogens is 100 g/mol. The molecule has 52 valence electrons. The Morgan fingerprint density at radius 1 is 1.38 bits per heavy atom. The molecule has 8 heavy (non-hydrogen) atoms. The number of hydrogen-bond acceptors (Lipinski definition) is 1. The highest BCUT2D eigenvalue weighted by Crippen LogP contribution is 2.22. The molecule has 0 aromatic carbocycles. The Morgan fingerprint density at radius 2 is 1.75 bits per heavy atom. The van der Waals surface area contributed by atoms with Crippen molar-refractivity contribution < 1.29 is 4.74 Å². The van der Waals surface area contributed by atoms with Gasteiger partial charge in [0.2, 0.25) is 0 Å². The lowest BCUT2D eigenvalue weighted by atomic mass is 10.3. The molecule has 0 aromatic rings. The van der Waals surface area contributed by atoms with Crippen molar-refractivity contribution in [2.45, 2.75) is 47.3 Å². The summed E-state index contributed by atoms with van der Waals surface area (Å²) in [5.74, 6) is 0. The van der Waals surface area contributed by atoms with Crippen LogP contribution >= 0.6 is 0 Å². The van der Waals surface area contributed by atoms with E-state index >= 15 is 0 Å². The van der Waals surface area contributed by atoms with Crippen molar-refractivity contribution in [2.24, 2.45) is 0 Å². The van der Waals surface area contributed by atoms with Crippen LogP contribution < -0.4 is 0 Å². The summed E-state index contributed by atoms with van der Waals surface area (Å²) in [7, 11) is 0. The van der Waals surface area contributed by atoms with Crippen molar-refractivity contribution in [1.29, 1.82) is 0 Å². The maximum atomic E-state index is 5.07. The number of ether oxygens (including phenoxy) is 1. The lowest BCUT2D eigenvalue weighted by Crippen LogP contribution is -1.81. The Morgan fingerprint density at radius 3 is 1.75 bits per heavy atom. The van der Waals surface area contributed by atoms with E-state index in [1.165, 1.54) is 6.42 Å². The Labute approximate surface area is 53.0 Å². The Balaban J connectivity index is 0. The molecule has 1 rings (SSSR count). The predicted octanol–water partition coefficient (Wildman–Crippen LogP) is 2.46. The second-order valence-electron chi connectivity index (χ2n) is 1.79. The lowest BCUT2D eigenvalue weighted by molar-refractivity contribution is 0.375. The van der Waals surface area contributed by atoms with Crippen LogP contribution in [0.2, 0.25) is 0 Å². The van der Waals surface area contributed by atoms with Crippen LogP contribution in [-0.4, -0.2) is 12.2 Å². The highest BCUT2D eigenvalue weighted by molar-refractivity contribution is 4.77. The molecule has 1 nitrogen and oxygen atoms in total. The van der Waals surface area contributed by atoms with Crippen LogP contribution in [0.5, 0.6) is 0 Å². The zero-order valence-electron chi connectivity index (χ0n) is 4.27. The van der Waals surface area contributed by atoms with Gasteiger partial charge in [0, 0.05) is 0 Å². The minimum Gasteiger partial charge on any atom is -0.370 e. The molecular formula is C7H18O. The number of hydrogen-bond donors (Lipinski definition) is 0. The van der Waals surface area contributed by atoms with Gasteiger partial charge in [-0.1, -0.05) is 21.8 Å². The third kappa shape index (κ3) is 2.31. The standard InChI is InChI=1S/C5H10O.2CH4/c1-3-5-4(2)6-5;;/h4-5H,3H2,1-2H3;2*1H4. The summed E-state index contributed by atoms with van der Waals surface area (Å²) >= 11 is 0. The van der Waals surface area contributed by atoms with E-state index in [-0.39, 0.29) is 14.9 Å². The van der Waals surface area contributed by atoms with Gasteiger partial charge in [-0.25, -0.2) is 0 Å². The van der Waals surface area contributed by atoms with Gasteiger partial charge in [-0.3, -0.25) is 0 Å². The maximum absolute atomic E-state index is 5.07. The first kappa shape index (κ1) is 10.9. The van der Waals surface area contributed by atoms with Gasteiger partial charge in [-0.15, -0.1) is 0 Å². The molecule has 1 aliphatic heterocycles. The van der Waals surface area contributed by atoms with Crippen LogP contribution in [0, 0.1) is 0 Å². The topological polar surface area (TPSA) is 12.5 Å². The number of rotatable bonds is 1. The van der Waals surface area contributed by atoms with Gasteiger partial charge in [-0.05, 0) is 13.3 Å². The van der Waals surface area contributed by atoms with Gasteiger partial charge in [0.1, 0.15) is 0 Å². The maximum Gasteiger partial charge on any atom is 0.0836 e. The summed E-state index contributed by atoms with van der Waals surface area (Å²) in [5, 5.41) is 0. The van der Waals surface area contributed by atoms with Crippen LogP contribution in [0.25, 0.3) is 0 Å². The van der Waals surface area contributed by atoms with Crippen molar-refractivity contribution in [3.63, 3.8) is 0 Å². The highest BCUT2D eigenvalue weighted by atomic mass is 16.6. The Hall–Kier alpha value is -0.0400. The molecule has 1 saturated heterocycles. The van der Waals surface area contributed by atoms with Gasteiger partial charge >= 0.3 is 0 Å². The first-order valence-corrected chi connectivity index (χ1v) is 2.50. The average Bonchev–Trinajstić information content (AvgIpc) is 2.19. The molecule has 0 bridgehead atoms. The van der Waals surface area contributed by atoms with E-state index in [2.05, 4.69) is 13.8 Å². The third-order valence-corrected chi connectivity index (χ3v) is 1.24. The van der Waals surface area contributed by atoms with E-state index in [9.17, 15) is 0 Å². The van der Waals surface area contributed by atoms with Crippen LogP contribution in [0.3, 0.4) is 0 Å². The van der Waals surface area contributed by atoms with E-state index in [1.54, 1.807) is 0 Å². The summed E-state index contributed by atoms with van der Waals surface area (Å²) in [5.41, 5.74) is 0. The molecule has 0 aromatic heterocycles. The van der Waals surface area contributed by atoms with Crippen LogP contribution in [0.4, 0.5) is 0 Å². The molecule has 1 fully saturated rings. The van der Waals surface area contributed by atoms with Gasteiger partial charge in [0.05, 0.1) is 12.2 Å². The lowest BCUT2D eigenvalue weighted by Gasteiger charge is -1.72. The molecule has 0 amide bonds. The normalized spacial score (nSPS) is 32.2. The summed E-state index contributed by atoms with van der Waals surface area (Å²) in [6, 6.07) is 0. The van der Waals surface area contributed by atoms with Crippen LogP contribution in [-0.2, 0) is 4.74 Å². The molecule has 0 aliphatic carbocycles. The van der Waals surface area contributed by atoms with E-state index in [4.69, 9.17) is 4.74 Å². The van der Waals surface area contributed by atoms with Crippen molar-refractivity contribution in [2.75, 3.05) is 0 Å². The molecule has 1 aliphatic rings. The first-order valence-electron chi connectivity index (χ1n) is 2.50. The van der Waals surface area contributed by atoms with Crippen molar-refractivity contribution in [3.8, 4) is 0 Å². The summed E-state index contributed by atoms with van der Waals surface area (Å²) in [4.78, 5) is 0. The van der Waals surface area contributed by atoms with Gasteiger partial charge in [-0.2, -0.15) is 0 Å². The second kappa shape index (κ2) is 3.90. The zero-order valence-corrected chi connectivity index (χ0v) is 4.27. The minimum absolute atomic E-state index is 0. The average molecular weight is 118 g/mol. The second-order valence-corrected chi connectivity index (χ2v) is 1.79. The highest BCUT2D eigenvalue weighted by Gasteiger charge is 2.31. The monoisotopic (exact) mass is 118 g/mol. The van der Waals surface area contributed by atoms with Crippen LogP contribution in [0.1, 0.15) is 35.1 Å². The molecule has 0 N–H and O–H groups in total. The van der Waals surface area contributed by atoms with Crippen LogP contribution in [0.15, 0.2) is 0 Å². The minimum atomic E-state index is 0. The zero-order chi connectivity index (χ0) is 4.57. The Kier molecular flexibility index (Phi) is 5.29. The third-order valence-electron chi connectivity index (χ3n) is 1.24. The molecule has 2 unspecified atom stereocenters.